The lowest BCUT2D eigenvalue weighted by atomic mass is 10.0. The van der Waals surface area contributed by atoms with Crippen LogP contribution in [0.1, 0.15) is 40.0 Å². The normalized spacial score (nSPS) is 13.5. The standard InChI is InChI=1S/C13H22N2O3/c1-5-7-10(6-2)14-13(18)15-11(9(3)4)8-12(16)17/h2,9-11H,5,7-8H2,1,3-4H3,(H,16,17)(H2,14,15,18). The summed E-state index contributed by atoms with van der Waals surface area (Å²) in [6.45, 7) is 5.70. The lowest BCUT2D eigenvalue weighted by molar-refractivity contribution is -0.137. The van der Waals surface area contributed by atoms with Crippen molar-refractivity contribution >= 4 is 12.0 Å². The van der Waals surface area contributed by atoms with Crippen LogP contribution in [0.2, 0.25) is 0 Å². The van der Waals surface area contributed by atoms with Crippen molar-refractivity contribution in [1.82, 2.24) is 10.6 Å². The summed E-state index contributed by atoms with van der Waals surface area (Å²) in [5.74, 6) is 1.60. The lowest BCUT2D eigenvalue weighted by Crippen LogP contribution is -2.48. The number of rotatable bonds is 7. The summed E-state index contributed by atoms with van der Waals surface area (Å²) >= 11 is 0. The molecule has 0 rings (SSSR count). The van der Waals surface area contributed by atoms with E-state index in [0.717, 1.165) is 6.42 Å². The van der Waals surface area contributed by atoms with Gasteiger partial charge in [0.15, 0.2) is 0 Å². The fourth-order valence-corrected chi connectivity index (χ4v) is 1.50. The molecule has 0 spiro atoms. The first-order valence-corrected chi connectivity index (χ1v) is 6.15. The minimum atomic E-state index is -0.934. The summed E-state index contributed by atoms with van der Waals surface area (Å²) in [5.41, 5.74) is 0. The Balaban J connectivity index is 4.33. The van der Waals surface area contributed by atoms with Crippen molar-refractivity contribution in [2.75, 3.05) is 0 Å². The van der Waals surface area contributed by atoms with Gasteiger partial charge in [-0.05, 0) is 12.3 Å². The van der Waals surface area contributed by atoms with Gasteiger partial charge in [-0.2, -0.15) is 0 Å². The van der Waals surface area contributed by atoms with Crippen LogP contribution < -0.4 is 10.6 Å². The number of carboxylic acids is 1. The minimum absolute atomic E-state index is 0.0438. The predicted molar refractivity (Wildman–Crippen MR) is 70.1 cm³/mol. The number of hydrogen-bond acceptors (Lipinski definition) is 2. The molecular formula is C13H22N2O3. The number of aliphatic carboxylic acids is 1. The molecular weight excluding hydrogens is 232 g/mol. The Hall–Kier alpha value is -1.70. The fourth-order valence-electron chi connectivity index (χ4n) is 1.50. The van der Waals surface area contributed by atoms with Gasteiger partial charge in [0.2, 0.25) is 0 Å². The van der Waals surface area contributed by atoms with E-state index < -0.39 is 18.0 Å². The topological polar surface area (TPSA) is 78.4 Å². The molecule has 0 aliphatic heterocycles. The van der Waals surface area contributed by atoms with E-state index in [1.807, 2.05) is 20.8 Å². The number of carbonyl (C=O) groups is 2. The number of terminal acetylenes is 1. The Labute approximate surface area is 108 Å². The van der Waals surface area contributed by atoms with Crippen LogP contribution in [-0.4, -0.2) is 29.2 Å². The van der Waals surface area contributed by atoms with Crippen LogP contribution in [-0.2, 0) is 4.79 Å². The second-order valence-corrected chi connectivity index (χ2v) is 4.57. The zero-order valence-electron chi connectivity index (χ0n) is 11.2. The number of amides is 2. The molecule has 0 bridgehead atoms. The molecule has 5 nitrogen and oxygen atoms in total. The van der Waals surface area contributed by atoms with Crippen LogP contribution in [0.4, 0.5) is 4.79 Å². The summed E-state index contributed by atoms with van der Waals surface area (Å²) in [7, 11) is 0. The highest BCUT2D eigenvalue weighted by molar-refractivity contribution is 5.76. The Bertz CT molecular complexity index is 321. The van der Waals surface area contributed by atoms with Crippen molar-refractivity contribution in [2.24, 2.45) is 5.92 Å². The Morgan fingerprint density at radius 2 is 1.94 bits per heavy atom. The van der Waals surface area contributed by atoms with Crippen LogP contribution in [0.25, 0.3) is 0 Å². The summed E-state index contributed by atoms with van der Waals surface area (Å²) in [5, 5.41) is 14.0. The molecule has 0 radical (unpaired) electrons. The maximum absolute atomic E-state index is 11.7. The van der Waals surface area contributed by atoms with Gasteiger partial charge >= 0.3 is 12.0 Å². The third-order valence-electron chi connectivity index (χ3n) is 2.60. The van der Waals surface area contributed by atoms with E-state index in [-0.39, 0.29) is 18.4 Å². The number of urea groups is 1. The van der Waals surface area contributed by atoms with Gasteiger partial charge in [-0.1, -0.05) is 33.1 Å². The van der Waals surface area contributed by atoms with Gasteiger partial charge in [0, 0.05) is 6.04 Å². The van der Waals surface area contributed by atoms with Crippen molar-refractivity contribution in [2.45, 2.75) is 52.1 Å². The second-order valence-electron chi connectivity index (χ2n) is 4.57. The minimum Gasteiger partial charge on any atom is -0.481 e. The molecule has 0 saturated carbocycles. The van der Waals surface area contributed by atoms with Crippen LogP contribution >= 0.6 is 0 Å². The molecule has 3 N–H and O–H groups in total. The predicted octanol–water partition coefficient (Wildman–Crippen LogP) is 1.59. The fraction of sp³-hybridized carbons (Fsp3) is 0.692. The maximum atomic E-state index is 11.7. The molecule has 2 atom stereocenters. The summed E-state index contributed by atoms with van der Waals surface area (Å²) in [4.78, 5) is 22.3. The second kappa shape index (κ2) is 8.40. The van der Waals surface area contributed by atoms with Crippen molar-refractivity contribution in [1.29, 1.82) is 0 Å². The number of carbonyl (C=O) groups excluding carboxylic acids is 1. The van der Waals surface area contributed by atoms with Crippen molar-refractivity contribution < 1.29 is 14.7 Å². The van der Waals surface area contributed by atoms with Gasteiger partial charge < -0.3 is 15.7 Å². The Morgan fingerprint density at radius 3 is 2.33 bits per heavy atom. The third kappa shape index (κ3) is 6.79. The van der Waals surface area contributed by atoms with E-state index in [2.05, 4.69) is 16.6 Å². The first-order valence-electron chi connectivity index (χ1n) is 6.15. The molecule has 0 saturated heterocycles. The molecule has 0 fully saturated rings. The van der Waals surface area contributed by atoms with Gasteiger partial charge in [0.05, 0.1) is 12.5 Å². The molecule has 0 aliphatic carbocycles. The average molecular weight is 254 g/mol. The lowest BCUT2D eigenvalue weighted by Gasteiger charge is -2.22. The van der Waals surface area contributed by atoms with E-state index in [1.54, 1.807) is 0 Å². The van der Waals surface area contributed by atoms with Gasteiger partial charge in [-0.15, -0.1) is 6.42 Å². The first kappa shape index (κ1) is 16.3. The third-order valence-corrected chi connectivity index (χ3v) is 2.60. The summed E-state index contributed by atoms with van der Waals surface area (Å²) < 4.78 is 0. The molecule has 0 aliphatic rings. The highest BCUT2D eigenvalue weighted by atomic mass is 16.4. The van der Waals surface area contributed by atoms with Crippen LogP contribution in [0.5, 0.6) is 0 Å². The van der Waals surface area contributed by atoms with E-state index in [1.165, 1.54) is 0 Å². The molecule has 0 aromatic carbocycles. The highest BCUT2D eigenvalue weighted by Crippen LogP contribution is 2.06. The van der Waals surface area contributed by atoms with Crippen molar-refractivity contribution in [3.8, 4) is 12.3 Å². The zero-order valence-corrected chi connectivity index (χ0v) is 11.2. The summed E-state index contributed by atoms with van der Waals surface area (Å²) in [6, 6.07) is -1.12. The van der Waals surface area contributed by atoms with E-state index in [4.69, 9.17) is 11.5 Å². The SMILES string of the molecule is C#CC(CCC)NC(=O)NC(CC(=O)O)C(C)C. The molecule has 0 aromatic rings. The smallest absolute Gasteiger partial charge is 0.316 e. The van der Waals surface area contributed by atoms with Gasteiger partial charge in [-0.25, -0.2) is 4.79 Å². The number of nitrogens with one attached hydrogen (secondary N) is 2. The Morgan fingerprint density at radius 1 is 1.33 bits per heavy atom. The average Bonchev–Trinajstić information content (AvgIpc) is 2.26. The van der Waals surface area contributed by atoms with Crippen LogP contribution in [0.3, 0.4) is 0 Å². The van der Waals surface area contributed by atoms with Crippen LogP contribution in [0, 0.1) is 18.3 Å². The molecule has 18 heavy (non-hydrogen) atoms. The molecule has 2 amide bonds. The maximum Gasteiger partial charge on any atom is 0.316 e. The van der Waals surface area contributed by atoms with Gasteiger partial charge in [0.25, 0.3) is 0 Å². The van der Waals surface area contributed by atoms with Gasteiger partial charge in [-0.3, -0.25) is 4.79 Å². The van der Waals surface area contributed by atoms with Crippen LogP contribution in [0.15, 0.2) is 0 Å². The molecule has 2 unspecified atom stereocenters. The van der Waals surface area contributed by atoms with E-state index in [9.17, 15) is 9.59 Å². The summed E-state index contributed by atoms with van der Waals surface area (Å²) in [6.07, 6.45) is 6.77. The van der Waals surface area contributed by atoms with E-state index in [0.29, 0.717) is 6.42 Å². The molecule has 5 heteroatoms. The van der Waals surface area contributed by atoms with Crippen molar-refractivity contribution in [3.63, 3.8) is 0 Å². The van der Waals surface area contributed by atoms with Crippen molar-refractivity contribution in [3.05, 3.63) is 0 Å². The monoisotopic (exact) mass is 254 g/mol. The van der Waals surface area contributed by atoms with E-state index >= 15 is 0 Å². The van der Waals surface area contributed by atoms with Gasteiger partial charge in [0.1, 0.15) is 0 Å². The first-order chi connectivity index (χ1) is 8.40. The Kier molecular flexibility index (Phi) is 7.61. The molecule has 102 valence electrons. The quantitative estimate of drug-likeness (QED) is 0.604. The highest BCUT2D eigenvalue weighted by Gasteiger charge is 2.20. The zero-order chi connectivity index (χ0) is 14.1. The molecule has 0 aromatic heterocycles. The number of carboxylic acid groups (broad SMARTS) is 1. The largest absolute Gasteiger partial charge is 0.481 e. The number of hydrogen-bond donors (Lipinski definition) is 3. The molecule has 0 heterocycles.